The summed E-state index contributed by atoms with van der Waals surface area (Å²) in [6, 6.07) is 0. The van der Waals surface area contributed by atoms with Crippen LogP contribution in [0.3, 0.4) is 0 Å². The number of aliphatic hydroxyl groups excluding tert-OH is 1. The van der Waals surface area contributed by atoms with Gasteiger partial charge in [0.15, 0.2) is 17.7 Å². The van der Waals surface area contributed by atoms with Crippen molar-refractivity contribution in [2.75, 3.05) is 12.3 Å². The number of ether oxygens (including phenoxy) is 1. The van der Waals surface area contributed by atoms with Crippen molar-refractivity contribution in [3.05, 3.63) is 12.7 Å². The zero-order valence-electron chi connectivity index (χ0n) is 13.4. The Morgan fingerprint density at radius 2 is 2.26 bits per heavy atom. The SMILES string of the molecule is [2H]C([2H])(O)[C@@]1([2H])O[C@@H](n2cnc3c(N)ncnc32)[C@H](O)[C@]1([2H])O. The van der Waals surface area contributed by atoms with E-state index in [1.54, 1.807) is 0 Å². The van der Waals surface area contributed by atoms with Gasteiger partial charge in [-0.1, -0.05) is 0 Å². The fourth-order valence-corrected chi connectivity index (χ4v) is 1.86. The van der Waals surface area contributed by atoms with Crippen LogP contribution < -0.4 is 5.73 Å². The number of fused-ring (bicyclic) bond motifs is 1. The molecule has 102 valence electrons. The average Bonchev–Trinajstić information content (AvgIpc) is 2.94. The molecule has 0 aromatic carbocycles. The highest BCUT2D eigenvalue weighted by atomic mass is 16.6. The van der Waals surface area contributed by atoms with Crippen molar-refractivity contribution in [2.24, 2.45) is 0 Å². The molecule has 0 spiro atoms. The van der Waals surface area contributed by atoms with Gasteiger partial charge in [0.25, 0.3) is 0 Å². The zero-order valence-corrected chi connectivity index (χ0v) is 9.43. The Morgan fingerprint density at radius 3 is 2.95 bits per heavy atom. The quantitative estimate of drug-likeness (QED) is 0.492. The molecule has 19 heavy (non-hydrogen) atoms. The van der Waals surface area contributed by atoms with Gasteiger partial charge in [0.2, 0.25) is 0 Å². The minimum atomic E-state index is -3.43. The Bertz CT molecular complexity index is 765. The lowest BCUT2D eigenvalue weighted by molar-refractivity contribution is -0.0511. The summed E-state index contributed by atoms with van der Waals surface area (Å²) in [4.78, 5) is 11.5. The molecule has 0 unspecified atom stereocenters. The topological polar surface area (TPSA) is 140 Å². The second-order valence-electron chi connectivity index (χ2n) is 3.86. The number of hydrogen-bond acceptors (Lipinski definition) is 8. The molecule has 2 aromatic heterocycles. The third-order valence-electron chi connectivity index (χ3n) is 2.78. The van der Waals surface area contributed by atoms with Gasteiger partial charge in [0.05, 0.1) is 18.4 Å². The van der Waals surface area contributed by atoms with Gasteiger partial charge >= 0.3 is 0 Å². The van der Waals surface area contributed by atoms with Crippen molar-refractivity contribution in [3.63, 3.8) is 0 Å². The Kier molecular flexibility index (Phi) is 1.93. The van der Waals surface area contributed by atoms with Gasteiger partial charge in [-0.2, -0.15) is 0 Å². The van der Waals surface area contributed by atoms with Gasteiger partial charge in [0.1, 0.15) is 30.1 Å². The summed E-state index contributed by atoms with van der Waals surface area (Å²) in [7, 11) is 0. The number of imidazole rings is 1. The van der Waals surface area contributed by atoms with E-state index < -0.39 is 31.1 Å². The van der Waals surface area contributed by atoms with Crippen LogP contribution in [0.4, 0.5) is 5.82 Å². The average molecular weight is 271 g/mol. The van der Waals surface area contributed by atoms with E-state index in [2.05, 4.69) is 15.0 Å². The largest absolute Gasteiger partial charge is 0.394 e. The van der Waals surface area contributed by atoms with Gasteiger partial charge in [-0.05, 0) is 0 Å². The first-order valence-electron chi connectivity index (χ1n) is 7.24. The molecule has 3 rings (SSSR count). The molecular weight excluding hydrogens is 254 g/mol. The monoisotopic (exact) mass is 271 g/mol. The number of hydrogen-bond donors (Lipinski definition) is 4. The fraction of sp³-hybridized carbons (Fsp3) is 0.500. The van der Waals surface area contributed by atoms with Gasteiger partial charge in [0, 0.05) is 0 Å². The van der Waals surface area contributed by atoms with E-state index in [-0.39, 0.29) is 17.0 Å². The van der Waals surface area contributed by atoms with Crippen LogP contribution >= 0.6 is 0 Å². The van der Waals surface area contributed by atoms with Crippen LogP contribution in [-0.4, -0.2) is 59.7 Å². The standard InChI is InChI=1S/C10H13N5O4/c11-8-5-9(13-2-12-8)15(3-14-5)10-7(18)6(17)4(1-16)19-10/h2-4,6-7,10,16-18H,1H2,(H2,11,12,13)/t4-,6-,7-,10-/m1/s1/i1D2,4D,6D. The first kappa shape index (κ1) is 8.38. The first-order valence-corrected chi connectivity index (χ1v) is 5.24. The molecule has 2 aromatic rings. The molecule has 0 bridgehead atoms. The van der Waals surface area contributed by atoms with Crippen molar-refractivity contribution in [2.45, 2.75) is 24.5 Å². The minimum Gasteiger partial charge on any atom is -0.394 e. The fourth-order valence-electron chi connectivity index (χ4n) is 1.86. The minimum absolute atomic E-state index is 0.0389. The van der Waals surface area contributed by atoms with Crippen LogP contribution in [-0.2, 0) is 4.74 Å². The van der Waals surface area contributed by atoms with Crippen LogP contribution in [0.15, 0.2) is 12.7 Å². The van der Waals surface area contributed by atoms with E-state index in [4.69, 9.17) is 16.0 Å². The summed E-state index contributed by atoms with van der Waals surface area (Å²) >= 11 is 0. The highest BCUT2D eigenvalue weighted by Gasteiger charge is 2.43. The molecule has 9 nitrogen and oxygen atoms in total. The molecule has 5 N–H and O–H groups in total. The van der Waals surface area contributed by atoms with Gasteiger partial charge in [-0.15, -0.1) is 0 Å². The molecule has 1 aliphatic rings. The number of aliphatic hydroxyl groups is 3. The van der Waals surface area contributed by atoms with Crippen molar-refractivity contribution in [1.82, 2.24) is 19.5 Å². The Balaban J connectivity index is 2.13. The molecule has 0 saturated carbocycles. The molecule has 1 aliphatic heterocycles. The Hall–Kier alpha value is -1.81. The Morgan fingerprint density at radius 1 is 1.47 bits per heavy atom. The summed E-state index contributed by atoms with van der Waals surface area (Å²) in [6.07, 6.45) is -7.77. The van der Waals surface area contributed by atoms with E-state index in [9.17, 15) is 15.3 Å². The second kappa shape index (κ2) is 4.38. The van der Waals surface area contributed by atoms with Gasteiger partial charge < -0.3 is 25.8 Å². The molecule has 1 fully saturated rings. The van der Waals surface area contributed by atoms with Crippen molar-refractivity contribution < 1.29 is 25.5 Å². The summed E-state index contributed by atoms with van der Waals surface area (Å²) in [5.74, 6) is 0.0389. The third kappa shape index (κ3) is 1.75. The number of anilines is 1. The maximum absolute atomic E-state index is 10.1. The number of nitrogens with zero attached hydrogens (tertiary/aromatic N) is 4. The van der Waals surface area contributed by atoms with E-state index in [0.717, 1.165) is 17.2 Å². The smallest absolute Gasteiger partial charge is 0.167 e. The van der Waals surface area contributed by atoms with Crippen LogP contribution in [0.1, 0.15) is 11.7 Å². The van der Waals surface area contributed by atoms with E-state index >= 15 is 0 Å². The van der Waals surface area contributed by atoms with Crippen molar-refractivity contribution in [1.29, 1.82) is 0 Å². The maximum atomic E-state index is 10.1. The number of nitrogen functional groups attached to an aromatic ring is 1. The van der Waals surface area contributed by atoms with Gasteiger partial charge in [-0.3, -0.25) is 4.57 Å². The summed E-state index contributed by atoms with van der Waals surface area (Å²) < 4.78 is 36.0. The molecule has 0 amide bonds. The van der Waals surface area contributed by atoms with Crippen molar-refractivity contribution in [3.8, 4) is 0 Å². The molecule has 0 radical (unpaired) electrons. The van der Waals surface area contributed by atoms with Crippen molar-refractivity contribution >= 4 is 17.0 Å². The lowest BCUT2D eigenvalue weighted by Gasteiger charge is -2.16. The number of rotatable bonds is 2. The van der Waals surface area contributed by atoms with E-state index in [1.807, 2.05) is 0 Å². The Labute approximate surface area is 112 Å². The maximum Gasteiger partial charge on any atom is 0.167 e. The lowest BCUT2D eigenvalue weighted by Crippen LogP contribution is -2.33. The second-order valence-corrected chi connectivity index (χ2v) is 3.86. The predicted octanol–water partition coefficient (Wildman–Crippen LogP) is -1.98. The predicted molar refractivity (Wildman–Crippen MR) is 62.7 cm³/mol. The number of aromatic nitrogens is 4. The summed E-state index contributed by atoms with van der Waals surface area (Å²) in [5.41, 5.74) is 5.87. The van der Waals surface area contributed by atoms with E-state index in [0.29, 0.717) is 0 Å². The zero-order chi connectivity index (χ0) is 17.2. The first-order chi connectivity index (χ1) is 10.5. The normalized spacial score (nSPS) is 42.7. The van der Waals surface area contributed by atoms with Crippen LogP contribution in [0.2, 0.25) is 0 Å². The summed E-state index contributed by atoms with van der Waals surface area (Å²) in [6.45, 7) is -3.43. The van der Waals surface area contributed by atoms with E-state index in [1.165, 1.54) is 0 Å². The highest BCUT2D eigenvalue weighted by molar-refractivity contribution is 5.81. The van der Waals surface area contributed by atoms with Gasteiger partial charge in [-0.25, -0.2) is 15.0 Å². The third-order valence-corrected chi connectivity index (χ3v) is 2.78. The highest BCUT2D eigenvalue weighted by Crippen LogP contribution is 2.31. The van der Waals surface area contributed by atoms with Crippen LogP contribution in [0, 0.1) is 0 Å². The van der Waals surface area contributed by atoms with Crippen LogP contribution in [0.25, 0.3) is 11.2 Å². The summed E-state index contributed by atoms with van der Waals surface area (Å²) in [5, 5.41) is 29.6. The number of nitrogens with two attached hydrogens (primary N) is 1. The molecule has 0 aliphatic carbocycles. The van der Waals surface area contributed by atoms with Crippen LogP contribution in [0.5, 0.6) is 0 Å². The molecule has 9 heteroatoms. The lowest BCUT2D eigenvalue weighted by atomic mass is 10.1. The molecule has 4 atom stereocenters. The molecular formula is C10H13N5O4. The molecule has 3 heterocycles. The molecule has 1 saturated heterocycles.